The normalized spacial score (nSPS) is 10.7. The number of nitrogens with two attached hydrogens (primary N) is 1. The summed E-state index contributed by atoms with van der Waals surface area (Å²) in [5.74, 6) is 0.765. The second-order valence-electron chi connectivity index (χ2n) is 4.56. The molecule has 114 valence electrons. The predicted molar refractivity (Wildman–Crippen MR) is 81.1 cm³/mol. The van der Waals surface area contributed by atoms with E-state index in [0.717, 1.165) is 31.7 Å². The molecule has 0 amide bonds. The van der Waals surface area contributed by atoms with E-state index < -0.39 is 0 Å². The van der Waals surface area contributed by atoms with E-state index in [1.165, 1.54) is 5.56 Å². The largest absolute Gasteiger partial charge is 0.491 e. The number of ether oxygens (including phenoxy) is 2. The van der Waals surface area contributed by atoms with E-state index in [1.807, 2.05) is 18.2 Å². The maximum atomic E-state index is 8.55. The lowest BCUT2D eigenvalue weighted by molar-refractivity contribution is 0.0940. The van der Waals surface area contributed by atoms with Crippen molar-refractivity contribution in [3.05, 3.63) is 23.8 Å². The predicted octanol–water partition coefficient (Wildman–Crippen LogP) is 1.20. The van der Waals surface area contributed by atoms with E-state index in [-0.39, 0.29) is 6.61 Å². The fourth-order valence-corrected chi connectivity index (χ4v) is 1.77. The zero-order chi connectivity index (χ0) is 14.6. The molecule has 0 aliphatic rings. The summed E-state index contributed by atoms with van der Waals surface area (Å²) < 4.78 is 10.7. The first-order valence-corrected chi connectivity index (χ1v) is 7.18. The maximum Gasteiger partial charge on any atom is 0.142 e. The number of anilines is 1. The summed E-state index contributed by atoms with van der Waals surface area (Å²) in [5, 5.41) is 11.8. The Labute approximate surface area is 121 Å². The minimum Gasteiger partial charge on any atom is -0.491 e. The number of hydrogen-bond donors (Lipinski definition) is 3. The molecule has 0 unspecified atom stereocenters. The highest BCUT2D eigenvalue weighted by molar-refractivity contribution is 5.54. The zero-order valence-electron chi connectivity index (χ0n) is 12.2. The molecule has 1 rings (SSSR count). The molecule has 1 aromatic carbocycles. The van der Waals surface area contributed by atoms with Gasteiger partial charge in [0.1, 0.15) is 5.75 Å². The molecule has 5 nitrogen and oxygen atoms in total. The third-order valence-electron chi connectivity index (χ3n) is 2.79. The summed E-state index contributed by atoms with van der Waals surface area (Å²) >= 11 is 0. The Kier molecular flexibility index (Phi) is 8.78. The second-order valence-corrected chi connectivity index (χ2v) is 4.56. The van der Waals surface area contributed by atoms with Crippen molar-refractivity contribution in [3.8, 4) is 5.75 Å². The number of nitrogens with one attached hydrogen (secondary N) is 1. The molecule has 0 bridgehead atoms. The van der Waals surface area contributed by atoms with Crippen LogP contribution in [0.15, 0.2) is 18.2 Å². The molecule has 0 saturated heterocycles. The first-order valence-electron chi connectivity index (χ1n) is 7.18. The number of aliphatic hydroxyl groups excluding tert-OH is 1. The first kappa shape index (κ1) is 16.8. The summed E-state index contributed by atoms with van der Waals surface area (Å²) in [5.41, 5.74) is 7.84. The monoisotopic (exact) mass is 282 g/mol. The van der Waals surface area contributed by atoms with Crippen molar-refractivity contribution in [2.75, 3.05) is 45.3 Å². The summed E-state index contributed by atoms with van der Waals surface area (Å²) in [4.78, 5) is 0. The molecule has 0 aliphatic carbocycles. The SMILES string of the molecule is CCCOc1ccc(CCNCCOCCO)cc1N. The van der Waals surface area contributed by atoms with Crippen LogP contribution in [0.1, 0.15) is 18.9 Å². The van der Waals surface area contributed by atoms with Crippen molar-refractivity contribution in [3.63, 3.8) is 0 Å². The van der Waals surface area contributed by atoms with Crippen molar-refractivity contribution < 1.29 is 14.6 Å². The van der Waals surface area contributed by atoms with E-state index in [4.69, 9.17) is 20.3 Å². The molecular formula is C15H26N2O3. The molecule has 0 fully saturated rings. The molecule has 5 heteroatoms. The van der Waals surface area contributed by atoms with Crippen LogP contribution < -0.4 is 15.8 Å². The Hall–Kier alpha value is -1.30. The molecule has 1 aromatic rings. The minimum absolute atomic E-state index is 0.0751. The van der Waals surface area contributed by atoms with Crippen LogP contribution in [-0.2, 0) is 11.2 Å². The van der Waals surface area contributed by atoms with Gasteiger partial charge in [0.25, 0.3) is 0 Å². The lowest BCUT2D eigenvalue weighted by Crippen LogP contribution is -2.22. The second kappa shape index (κ2) is 10.5. The van der Waals surface area contributed by atoms with Crippen molar-refractivity contribution in [1.82, 2.24) is 5.32 Å². The van der Waals surface area contributed by atoms with Crippen LogP contribution in [0, 0.1) is 0 Å². The van der Waals surface area contributed by atoms with Gasteiger partial charge in [-0.05, 0) is 37.1 Å². The molecule has 0 saturated carbocycles. The van der Waals surface area contributed by atoms with Gasteiger partial charge in [-0.25, -0.2) is 0 Å². The van der Waals surface area contributed by atoms with Crippen LogP contribution in [0.4, 0.5) is 5.69 Å². The Balaban J connectivity index is 2.22. The van der Waals surface area contributed by atoms with Crippen molar-refractivity contribution >= 4 is 5.69 Å². The van der Waals surface area contributed by atoms with Gasteiger partial charge in [-0.15, -0.1) is 0 Å². The molecule has 0 radical (unpaired) electrons. The highest BCUT2D eigenvalue weighted by atomic mass is 16.5. The summed E-state index contributed by atoms with van der Waals surface area (Å²) in [6.07, 6.45) is 1.89. The lowest BCUT2D eigenvalue weighted by atomic mass is 10.1. The van der Waals surface area contributed by atoms with Gasteiger partial charge in [0.15, 0.2) is 0 Å². The van der Waals surface area contributed by atoms with Crippen molar-refractivity contribution in [1.29, 1.82) is 0 Å². The van der Waals surface area contributed by atoms with Crippen LogP contribution in [0.2, 0.25) is 0 Å². The quantitative estimate of drug-likeness (QED) is 0.420. The molecule has 0 aromatic heterocycles. The third-order valence-corrected chi connectivity index (χ3v) is 2.79. The lowest BCUT2D eigenvalue weighted by Gasteiger charge is -2.10. The van der Waals surface area contributed by atoms with E-state index in [0.29, 0.717) is 25.5 Å². The zero-order valence-corrected chi connectivity index (χ0v) is 12.2. The Morgan fingerprint density at radius 2 is 2.05 bits per heavy atom. The average molecular weight is 282 g/mol. The molecule has 0 heterocycles. The fourth-order valence-electron chi connectivity index (χ4n) is 1.77. The van der Waals surface area contributed by atoms with E-state index in [9.17, 15) is 0 Å². The van der Waals surface area contributed by atoms with Gasteiger partial charge in [0.2, 0.25) is 0 Å². The molecule has 20 heavy (non-hydrogen) atoms. The number of benzene rings is 1. The van der Waals surface area contributed by atoms with E-state index >= 15 is 0 Å². The van der Waals surface area contributed by atoms with E-state index in [1.54, 1.807) is 0 Å². The Morgan fingerprint density at radius 3 is 2.75 bits per heavy atom. The molecular weight excluding hydrogens is 256 g/mol. The Bertz CT molecular complexity index is 372. The van der Waals surface area contributed by atoms with Crippen LogP contribution >= 0.6 is 0 Å². The molecule has 0 atom stereocenters. The highest BCUT2D eigenvalue weighted by Gasteiger charge is 2.01. The van der Waals surface area contributed by atoms with Gasteiger partial charge in [-0.2, -0.15) is 0 Å². The maximum absolute atomic E-state index is 8.55. The number of aliphatic hydroxyl groups is 1. The summed E-state index contributed by atoms with van der Waals surface area (Å²) in [6, 6.07) is 5.95. The van der Waals surface area contributed by atoms with Crippen LogP contribution in [0.25, 0.3) is 0 Å². The van der Waals surface area contributed by atoms with Gasteiger partial charge >= 0.3 is 0 Å². The van der Waals surface area contributed by atoms with Crippen LogP contribution in [0.3, 0.4) is 0 Å². The molecule has 4 N–H and O–H groups in total. The van der Waals surface area contributed by atoms with Crippen LogP contribution in [0.5, 0.6) is 5.75 Å². The standard InChI is InChI=1S/C15H26N2O3/c1-2-9-20-15-4-3-13(12-14(15)16)5-6-17-7-10-19-11-8-18/h3-4,12,17-18H,2,5-11,16H2,1H3. The molecule has 0 aliphatic heterocycles. The van der Waals surface area contributed by atoms with E-state index in [2.05, 4.69) is 12.2 Å². The smallest absolute Gasteiger partial charge is 0.142 e. The Morgan fingerprint density at radius 1 is 1.20 bits per heavy atom. The van der Waals surface area contributed by atoms with Crippen LogP contribution in [-0.4, -0.2) is 44.6 Å². The number of hydrogen-bond acceptors (Lipinski definition) is 5. The first-order chi connectivity index (χ1) is 9.77. The number of nitrogen functional groups attached to an aromatic ring is 1. The average Bonchev–Trinajstić information content (AvgIpc) is 2.45. The van der Waals surface area contributed by atoms with Gasteiger partial charge in [0.05, 0.1) is 32.1 Å². The minimum atomic E-state index is 0.0751. The van der Waals surface area contributed by atoms with Gasteiger partial charge in [0, 0.05) is 6.54 Å². The van der Waals surface area contributed by atoms with Crippen molar-refractivity contribution in [2.45, 2.75) is 19.8 Å². The summed E-state index contributed by atoms with van der Waals surface area (Å²) in [7, 11) is 0. The van der Waals surface area contributed by atoms with Gasteiger partial charge < -0.3 is 25.6 Å². The van der Waals surface area contributed by atoms with Gasteiger partial charge in [-0.3, -0.25) is 0 Å². The highest BCUT2D eigenvalue weighted by Crippen LogP contribution is 2.22. The summed E-state index contributed by atoms with van der Waals surface area (Å²) in [6.45, 7) is 5.51. The molecule has 0 spiro atoms. The number of rotatable bonds is 11. The third kappa shape index (κ3) is 6.75. The van der Waals surface area contributed by atoms with Crippen molar-refractivity contribution in [2.24, 2.45) is 0 Å². The topological polar surface area (TPSA) is 76.7 Å². The van der Waals surface area contributed by atoms with Gasteiger partial charge in [-0.1, -0.05) is 13.0 Å². The fraction of sp³-hybridized carbons (Fsp3) is 0.600.